The fourth-order valence-electron chi connectivity index (χ4n) is 2.75. The van der Waals surface area contributed by atoms with Crippen molar-refractivity contribution in [2.75, 3.05) is 13.2 Å². The first-order valence-electron chi connectivity index (χ1n) is 10.5. The SMILES string of the molecule is CCCOc1ccc(Oc2ncccc2CN=C(NCC)NCc2ccccn2)cc1. The van der Waals surface area contributed by atoms with Crippen LogP contribution in [0, 0.1) is 0 Å². The fraction of sp³-hybridized carbons (Fsp3) is 0.292. The van der Waals surface area contributed by atoms with E-state index in [1.165, 1.54) is 0 Å². The largest absolute Gasteiger partial charge is 0.494 e. The first-order valence-corrected chi connectivity index (χ1v) is 10.5. The molecular weight excluding hydrogens is 390 g/mol. The smallest absolute Gasteiger partial charge is 0.224 e. The van der Waals surface area contributed by atoms with E-state index in [1.54, 1.807) is 12.4 Å². The van der Waals surface area contributed by atoms with Gasteiger partial charge in [0.25, 0.3) is 0 Å². The van der Waals surface area contributed by atoms with Gasteiger partial charge in [0, 0.05) is 24.5 Å². The molecule has 0 aliphatic carbocycles. The van der Waals surface area contributed by atoms with Crippen LogP contribution in [0.3, 0.4) is 0 Å². The second kappa shape index (κ2) is 12.2. The third-order valence-corrected chi connectivity index (χ3v) is 4.28. The van der Waals surface area contributed by atoms with Gasteiger partial charge in [-0.25, -0.2) is 9.98 Å². The van der Waals surface area contributed by atoms with Crippen LogP contribution in [-0.2, 0) is 13.1 Å². The van der Waals surface area contributed by atoms with Crippen LogP contribution in [-0.4, -0.2) is 29.1 Å². The Morgan fingerprint density at radius 2 is 1.71 bits per heavy atom. The molecule has 2 heterocycles. The van der Waals surface area contributed by atoms with Crippen molar-refractivity contribution in [2.45, 2.75) is 33.4 Å². The van der Waals surface area contributed by atoms with Gasteiger partial charge in [0.05, 0.1) is 25.4 Å². The summed E-state index contributed by atoms with van der Waals surface area (Å²) in [6, 6.07) is 17.3. The van der Waals surface area contributed by atoms with Crippen molar-refractivity contribution < 1.29 is 9.47 Å². The van der Waals surface area contributed by atoms with Crippen LogP contribution in [0.2, 0.25) is 0 Å². The maximum Gasteiger partial charge on any atom is 0.224 e. The molecule has 31 heavy (non-hydrogen) atoms. The summed E-state index contributed by atoms with van der Waals surface area (Å²) < 4.78 is 11.6. The van der Waals surface area contributed by atoms with Crippen molar-refractivity contribution in [2.24, 2.45) is 4.99 Å². The molecule has 0 aliphatic heterocycles. The molecule has 7 nitrogen and oxygen atoms in total. The number of nitrogens with one attached hydrogen (secondary N) is 2. The van der Waals surface area contributed by atoms with Crippen molar-refractivity contribution >= 4 is 5.96 Å². The minimum absolute atomic E-state index is 0.429. The van der Waals surface area contributed by atoms with Crippen molar-refractivity contribution in [3.8, 4) is 17.4 Å². The van der Waals surface area contributed by atoms with Crippen LogP contribution in [0.4, 0.5) is 0 Å². The summed E-state index contributed by atoms with van der Waals surface area (Å²) in [5.74, 6) is 2.77. The highest BCUT2D eigenvalue weighted by molar-refractivity contribution is 5.79. The minimum Gasteiger partial charge on any atom is -0.494 e. The van der Waals surface area contributed by atoms with Crippen molar-refractivity contribution in [3.63, 3.8) is 0 Å². The van der Waals surface area contributed by atoms with Gasteiger partial charge in [0.2, 0.25) is 5.88 Å². The van der Waals surface area contributed by atoms with Crippen LogP contribution >= 0.6 is 0 Å². The number of aromatic nitrogens is 2. The molecule has 0 saturated carbocycles. The number of benzene rings is 1. The Morgan fingerprint density at radius 1 is 0.903 bits per heavy atom. The highest BCUT2D eigenvalue weighted by Gasteiger charge is 2.07. The van der Waals surface area contributed by atoms with Crippen LogP contribution in [0.1, 0.15) is 31.5 Å². The number of rotatable bonds is 10. The molecule has 162 valence electrons. The van der Waals surface area contributed by atoms with Gasteiger partial charge < -0.3 is 20.1 Å². The quantitative estimate of drug-likeness (QED) is 0.376. The van der Waals surface area contributed by atoms with E-state index in [-0.39, 0.29) is 0 Å². The maximum absolute atomic E-state index is 6.00. The van der Waals surface area contributed by atoms with Crippen molar-refractivity contribution in [1.82, 2.24) is 20.6 Å². The lowest BCUT2D eigenvalue weighted by Gasteiger charge is -2.12. The Balaban J connectivity index is 1.65. The zero-order valence-corrected chi connectivity index (χ0v) is 18.0. The van der Waals surface area contributed by atoms with Gasteiger partial charge in [-0.3, -0.25) is 4.98 Å². The Morgan fingerprint density at radius 3 is 2.45 bits per heavy atom. The molecule has 2 aromatic heterocycles. The van der Waals surface area contributed by atoms with E-state index in [2.05, 4.69) is 32.5 Å². The summed E-state index contributed by atoms with van der Waals surface area (Å²) in [7, 11) is 0. The zero-order valence-electron chi connectivity index (χ0n) is 18.0. The van der Waals surface area contributed by atoms with E-state index in [4.69, 9.17) is 9.47 Å². The molecule has 0 aliphatic rings. The zero-order chi connectivity index (χ0) is 21.7. The van der Waals surface area contributed by atoms with E-state index in [0.717, 1.165) is 30.0 Å². The van der Waals surface area contributed by atoms with Crippen LogP contribution in [0.5, 0.6) is 17.4 Å². The molecule has 7 heteroatoms. The predicted octanol–water partition coefficient (Wildman–Crippen LogP) is 4.31. The van der Waals surface area contributed by atoms with Gasteiger partial charge in [-0.05, 0) is 55.8 Å². The van der Waals surface area contributed by atoms with Gasteiger partial charge in [0.15, 0.2) is 5.96 Å². The second-order valence-corrected chi connectivity index (χ2v) is 6.76. The third kappa shape index (κ3) is 7.29. The first kappa shape index (κ1) is 22.1. The van der Waals surface area contributed by atoms with Gasteiger partial charge >= 0.3 is 0 Å². The molecule has 3 aromatic rings. The standard InChI is InChI=1S/C24H29N5O2/c1-3-16-30-21-10-12-22(13-11-21)31-23-19(8-7-15-27-23)17-28-24(25-4-2)29-18-20-9-5-6-14-26-20/h5-15H,3-4,16-18H2,1-2H3,(H2,25,28,29). The highest BCUT2D eigenvalue weighted by Crippen LogP contribution is 2.25. The van der Waals surface area contributed by atoms with Gasteiger partial charge in [-0.15, -0.1) is 0 Å². The summed E-state index contributed by atoms with van der Waals surface area (Å²) in [6.45, 7) is 6.60. The van der Waals surface area contributed by atoms with E-state index < -0.39 is 0 Å². The molecule has 0 fully saturated rings. The molecular formula is C24H29N5O2. The summed E-state index contributed by atoms with van der Waals surface area (Å²) in [5.41, 5.74) is 1.84. The number of hydrogen-bond acceptors (Lipinski definition) is 5. The molecule has 0 amide bonds. The monoisotopic (exact) mass is 419 g/mol. The number of ether oxygens (including phenoxy) is 2. The van der Waals surface area contributed by atoms with Gasteiger partial charge in [-0.2, -0.15) is 0 Å². The number of pyridine rings is 2. The van der Waals surface area contributed by atoms with Gasteiger partial charge in [0.1, 0.15) is 11.5 Å². The Hall–Kier alpha value is -3.61. The number of nitrogens with zero attached hydrogens (tertiary/aromatic N) is 3. The summed E-state index contributed by atoms with van der Waals surface area (Å²) in [5, 5.41) is 6.55. The summed E-state index contributed by atoms with van der Waals surface area (Å²) in [6.07, 6.45) is 4.47. The Bertz CT molecular complexity index is 946. The maximum atomic E-state index is 6.00. The second-order valence-electron chi connectivity index (χ2n) is 6.76. The lowest BCUT2D eigenvalue weighted by Crippen LogP contribution is -2.37. The van der Waals surface area contributed by atoms with Crippen molar-refractivity contribution in [3.05, 3.63) is 78.2 Å². The number of aliphatic imine (C=N–C) groups is 1. The van der Waals surface area contributed by atoms with E-state index in [9.17, 15) is 0 Å². The molecule has 0 bridgehead atoms. The predicted molar refractivity (Wildman–Crippen MR) is 122 cm³/mol. The topological polar surface area (TPSA) is 80.7 Å². The molecule has 2 N–H and O–H groups in total. The van der Waals surface area contributed by atoms with Crippen LogP contribution in [0.25, 0.3) is 0 Å². The lowest BCUT2D eigenvalue weighted by atomic mass is 10.2. The summed E-state index contributed by atoms with van der Waals surface area (Å²) in [4.78, 5) is 13.4. The molecule has 0 atom stereocenters. The average molecular weight is 420 g/mol. The summed E-state index contributed by atoms with van der Waals surface area (Å²) >= 11 is 0. The normalized spacial score (nSPS) is 11.1. The number of guanidine groups is 1. The molecule has 0 spiro atoms. The molecule has 0 radical (unpaired) electrons. The van der Waals surface area contributed by atoms with E-state index in [1.807, 2.05) is 61.5 Å². The van der Waals surface area contributed by atoms with Crippen LogP contribution < -0.4 is 20.1 Å². The highest BCUT2D eigenvalue weighted by atomic mass is 16.5. The van der Waals surface area contributed by atoms with E-state index in [0.29, 0.717) is 37.3 Å². The Labute approximate surface area is 183 Å². The van der Waals surface area contributed by atoms with Crippen LogP contribution in [0.15, 0.2) is 72.0 Å². The molecule has 0 unspecified atom stereocenters. The number of hydrogen-bond donors (Lipinski definition) is 2. The fourth-order valence-corrected chi connectivity index (χ4v) is 2.75. The first-order chi connectivity index (χ1) is 15.3. The molecule has 0 saturated heterocycles. The molecule has 1 aromatic carbocycles. The van der Waals surface area contributed by atoms with Gasteiger partial charge in [-0.1, -0.05) is 19.1 Å². The lowest BCUT2D eigenvalue weighted by molar-refractivity contribution is 0.317. The molecule has 3 rings (SSSR count). The van der Waals surface area contributed by atoms with E-state index >= 15 is 0 Å². The third-order valence-electron chi connectivity index (χ3n) is 4.28. The average Bonchev–Trinajstić information content (AvgIpc) is 2.82. The van der Waals surface area contributed by atoms with Crippen molar-refractivity contribution in [1.29, 1.82) is 0 Å². The minimum atomic E-state index is 0.429. The Kier molecular flexibility index (Phi) is 8.67.